The maximum Gasteiger partial charge on any atom is 0.196 e. The normalized spacial score (nSPS) is 10.7. The van der Waals surface area contributed by atoms with Gasteiger partial charge in [0.1, 0.15) is 0 Å². The van der Waals surface area contributed by atoms with Crippen molar-refractivity contribution in [3.63, 3.8) is 0 Å². The largest absolute Gasteiger partial charge is 0.288 e. The van der Waals surface area contributed by atoms with Crippen molar-refractivity contribution in [3.8, 4) is 0 Å². The molecule has 2 aromatic rings. The average Bonchev–Trinajstić information content (AvgIpc) is 2.62. The highest BCUT2D eigenvalue weighted by molar-refractivity contribution is 6.10. The predicted molar refractivity (Wildman–Crippen MR) is 72.0 cm³/mol. The molecule has 3 heteroatoms. The smallest absolute Gasteiger partial charge is 0.196 e. The van der Waals surface area contributed by atoms with Crippen LogP contribution >= 0.6 is 0 Å². The van der Waals surface area contributed by atoms with Crippen LogP contribution in [0.25, 0.3) is 0 Å². The van der Waals surface area contributed by atoms with Crippen LogP contribution in [0.4, 0.5) is 0 Å². The van der Waals surface area contributed by atoms with Gasteiger partial charge in [-0.2, -0.15) is 5.10 Å². The number of nitrogens with zero attached hydrogens (tertiary/aromatic N) is 2. The molecule has 0 saturated carbocycles. The van der Waals surface area contributed by atoms with Crippen molar-refractivity contribution in [2.24, 2.45) is 7.05 Å². The first kappa shape index (κ1) is 12.6. The lowest BCUT2D eigenvalue weighted by Gasteiger charge is -2.08. The summed E-state index contributed by atoms with van der Waals surface area (Å²) in [6.45, 7) is 7.93. The van der Waals surface area contributed by atoms with Crippen LogP contribution in [-0.4, -0.2) is 15.6 Å². The van der Waals surface area contributed by atoms with E-state index in [1.807, 2.05) is 33.9 Å². The van der Waals surface area contributed by atoms with Crippen molar-refractivity contribution in [1.82, 2.24) is 9.78 Å². The zero-order valence-electron chi connectivity index (χ0n) is 11.5. The van der Waals surface area contributed by atoms with Gasteiger partial charge >= 0.3 is 0 Å². The molecule has 1 aromatic heterocycles. The molecule has 0 spiro atoms. The number of ketones is 1. The van der Waals surface area contributed by atoms with Crippen molar-refractivity contribution in [3.05, 3.63) is 51.8 Å². The number of aromatic nitrogens is 2. The Morgan fingerprint density at radius 1 is 1.00 bits per heavy atom. The molecule has 1 aromatic carbocycles. The molecule has 3 nitrogen and oxygen atoms in total. The van der Waals surface area contributed by atoms with Crippen molar-refractivity contribution in [1.29, 1.82) is 0 Å². The molecular formula is C15H18N2O. The number of benzene rings is 1. The minimum Gasteiger partial charge on any atom is -0.288 e. The molecule has 0 atom stereocenters. The van der Waals surface area contributed by atoms with Gasteiger partial charge in [-0.1, -0.05) is 6.07 Å². The molecule has 18 heavy (non-hydrogen) atoms. The van der Waals surface area contributed by atoms with Crippen molar-refractivity contribution >= 4 is 5.78 Å². The van der Waals surface area contributed by atoms with Gasteiger partial charge in [0.2, 0.25) is 0 Å². The summed E-state index contributed by atoms with van der Waals surface area (Å²) < 4.78 is 1.68. The number of carbonyl (C=O) groups excluding carboxylic acids is 1. The zero-order chi connectivity index (χ0) is 13.4. The first-order valence-electron chi connectivity index (χ1n) is 6.03. The predicted octanol–water partition coefficient (Wildman–Crippen LogP) is 2.88. The van der Waals surface area contributed by atoms with Gasteiger partial charge in [0.15, 0.2) is 5.78 Å². The van der Waals surface area contributed by atoms with Gasteiger partial charge in [-0.3, -0.25) is 9.48 Å². The Balaban J connectivity index is 2.53. The van der Waals surface area contributed by atoms with Crippen LogP contribution in [-0.2, 0) is 7.05 Å². The van der Waals surface area contributed by atoms with Crippen molar-refractivity contribution < 1.29 is 4.79 Å². The molecule has 0 bridgehead atoms. The molecule has 1 heterocycles. The summed E-state index contributed by atoms with van der Waals surface area (Å²) in [7, 11) is 1.83. The Morgan fingerprint density at radius 3 is 2.17 bits per heavy atom. The van der Waals surface area contributed by atoms with Gasteiger partial charge in [0.25, 0.3) is 0 Å². The van der Waals surface area contributed by atoms with E-state index < -0.39 is 0 Å². The Morgan fingerprint density at radius 2 is 1.61 bits per heavy atom. The van der Waals surface area contributed by atoms with E-state index in [4.69, 9.17) is 0 Å². The Labute approximate surface area is 107 Å². The van der Waals surface area contributed by atoms with Crippen LogP contribution in [0.2, 0.25) is 0 Å². The molecular weight excluding hydrogens is 224 g/mol. The van der Waals surface area contributed by atoms with E-state index in [1.165, 1.54) is 5.56 Å². The summed E-state index contributed by atoms with van der Waals surface area (Å²) in [4.78, 5) is 12.5. The minimum absolute atomic E-state index is 0.0567. The van der Waals surface area contributed by atoms with Gasteiger partial charge in [0.05, 0.1) is 11.3 Å². The molecule has 0 fully saturated rings. The minimum atomic E-state index is 0.0567. The molecule has 0 aliphatic rings. The molecule has 0 unspecified atom stereocenters. The third-order valence-corrected chi connectivity index (χ3v) is 3.34. The summed E-state index contributed by atoms with van der Waals surface area (Å²) in [5, 5.41) is 4.22. The number of rotatable bonds is 2. The van der Waals surface area contributed by atoms with Crippen LogP contribution in [0.3, 0.4) is 0 Å². The third kappa shape index (κ3) is 2.08. The van der Waals surface area contributed by atoms with E-state index in [9.17, 15) is 4.79 Å². The first-order valence-corrected chi connectivity index (χ1v) is 6.03. The van der Waals surface area contributed by atoms with E-state index >= 15 is 0 Å². The summed E-state index contributed by atoms with van der Waals surface area (Å²) in [6, 6.07) is 4.04. The lowest BCUT2D eigenvalue weighted by Crippen LogP contribution is -2.05. The number of aryl methyl sites for hydroxylation is 5. The van der Waals surface area contributed by atoms with Gasteiger partial charge in [-0.05, 0) is 50.5 Å². The number of hydrogen-bond acceptors (Lipinski definition) is 2. The standard InChI is InChI=1S/C15H18N2O/c1-9-6-11(3)13(7-10(9)2)15(18)14-8-17(5)16-12(14)4/h6-8H,1-5H3. The van der Waals surface area contributed by atoms with Gasteiger partial charge in [-0.25, -0.2) is 0 Å². The number of hydrogen-bond donors (Lipinski definition) is 0. The topological polar surface area (TPSA) is 34.9 Å². The highest BCUT2D eigenvalue weighted by Crippen LogP contribution is 2.20. The lowest BCUT2D eigenvalue weighted by molar-refractivity contribution is 0.103. The maximum atomic E-state index is 12.5. The van der Waals surface area contributed by atoms with Crippen LogP contribution in [0.5, 0.6) is 0 Å². The van der Waals surface area contributed by atoms with Crippen LogP contribution in [0.15, 0.2) is 18.3 Å². The van der Waals surface area contributed by atoms with Crippen LogP contribution in [0, 0.1) is 27.7 Å². The highest BCUT2D eigenvalue weighted by atomic mass is 16.1. The Kier molecular flexibility index (Phi) is 3.07. The van der Waals surface area contributed by atoms with Crippen molar-refractivity contribution in [2.75, 3.05) is 0 Å². The van der Waals surface area contributed by atoms with Crippen molar-refractivity contribution in [2.45, 2.75) is 27.7 Å². The molecule has 0 N–H and O–H groups in total. The zero-order valence-corrected chi connectivity index (χ0v) is 11.5. The monoisotopic (exact) mass is 242 g/mol. The summed E-state index contributed by atoms with van der Waals surface area (Å²) in [5.74, 6) is 0.0567. The van der Waals surface area contributed by atoms with Gasteiger partial charge in [-0.15, -0.1) is 0 Å². The molecule has 2 rings (SSSR count). The van der Waals surface area contributed by atoms with Gasteiger partial charge < -0.3 is 0 Å². The van der Waals surface area contributed by atoms with Crippen LogP contribution < -0.4 is 0 Å². The first-order chi connectivity index (χ1) is 8.40. The maximum absolute atomic E-state index is 12.5. The summed E-state index contributed by atoms with van der Waals surface area (Å²) >= 11 is 0. The molecule has 94 valence electrons. The number of carbonyl (C=O) groups is 1. The van der Waals surface area contributed by atoms with E-state index in [2.05, 4.69) is 18.1 Å². The highest BCUT2D eigenvalue weighted by Gasteiger charge is 2.17. The molecule has 0 aliphatic carbocycles. The van der Waals surface area contributed by atoms with E-state index in [1.54, 1.807) is 10.9 Å². The summed E-state index contributed by atoms with van der Waals surface area (Å²) in [5.41, 5.74) is 5.61. The molecule has 0 aliphatic heterocycles. The quantitative estimate of drug-likeness (QED) is 0.759. The summed E-state index contributed by atoms with van der Waals surface area (Å²) in [6.07, 6.45) is 1.78. The van der Waals surface area contributed by atoms with Crippen LogP contribution in [0.1, 0.15) is 38.3 Å². The Hall–Kier alpha value is -1.90. The fourth-order valence-electron chi connectivity index (χ4n) is 2.17. The molecule has 0 radical (unpaired) electrons. The second-order valence-corrected chi connectivity index (χ2v) is 4.88. The second kappa shape index (κ2) is 4.41. The fourth-order valence-corrected chi connectivity index (χ4v) is 2.17. The average molecular weight is 242 g/mol. The fraction of sp³-hybridized carbons (Fsp3) is 0.333. The van der Waals surface area contributed by atoms with E-state index in [0.29, 0.717) is 5.56 Å². The van der Waals surface area contributed by atoms with E-state index in [0.717, 1.165) is 22.4 Å². The molecule has 0 amide bonds. The third-order valence-electron chi connectivity index (χ3n) is 3.34. The lowest BCUT2D eigenvalue weighted by atomic mass is 9.95. The SMILES string of the molecule is Cc1cc(C)c(C(=O)c2cn(C)nc2C)cc1C. The van der Waals surface area contributed by atoms with Gasteiger partial charge in [0, 0.05) is 18.8 Å². The molecule has 0 saturated heterocycles. The van der Waals surface area contributed by atoms with E-state index in [-0.39, 0.29) is 5.78 Å². The second-order valence-electron chi connectivity index (χ2n) is 4.88. The Bertz CT molecular complexity index is 624.